The van der Waals surface area contributed by atoms with E-state index in [4.69, 9.17) is 0 Å². The highest BCUT2D eigenvalue weighted by molar-refractivity contribution is 6.14. The van der Waals surface area contributed by atoms with E-state index in [0.29, 0.717) is 0 Å². The Balaban J connectivity index is 2.35. The Hall–Kier alpha value is -2.28. The molecule has 4 rings (SSSR count). The van der Waals surface area contributed by atoms with Crippen LogP contribution < -0.4 is 0 Å². The summed E-state index contributed by atoms with van der Waals surface area (Å²) in [5, 5.41) is 5.42. The van der Waals surface area contributed by atoms with E-state index >= 15 is 0 Å². The number of aryl methyl sites for hydroxylation is 2. The summed E-state index contributed by atoms with van der Waals surface area (Å²) in [7, 11) is 0. The van der Waals surface area contributed by atoms with Gasteiger partial charge in [-0.05, 0) is 42.3 Å². The molecule has 0 aliphatic rings. The molecule has 3 aromatic carbocycles. The fraction of sp³-hybridized carbons (Fsp3) is 0.158. The number of aromatic nitrogens is 1. The maximum atomic E-state index is 2.44. The highest BCUT2D eigenvalue weighted by Gasteiger charge is 2.13. The van der Waals surface area contributed by atoms with Gasteiger partial charge in [-0.15, -0.1) is 0 Å². The first-order valence-corrected chi connectivity index (χ1v) is 7.20. The molecule has 0 unspecified atom stereocenters. The van der Waals surface area contributed by atoms with Crippen molar-refractivity contribution in [1.29, 1.82) is 0 Å². The molecule has 0 bridgehead atoms. The molecule has 0 saturated heterocycles. The van der Waals surface area contributed by atoms with E-state index in [0.717, 1.165) is 6.54 Å². The van der Waals surface area contributed by atoms with Crippen molar-refractivity contribution >= 4 is 32.6 Å². The fourth-order valence-electron chi connectivity index (χ4n) is 3.46. The summed E-state index contributed by atoms with van der Waals surface area (Å²) in [5.41, 5.74) is 4.10. The molecular weight excluding hydrogens is 242 g/mol. The van der Waals surface area contributed by atoms with E-state index in [2.05, 4.69) is 73.0 Å². The molecule has 1 heterocycles. The van der Waals surface area contributed by atoms with E-state index in [1.807, 2.05) is 0 Å². The maximum Gasteiger partial charge on any atom is 0.0527 e. The van der Waals surface area contributed by atoms with Gasteiger partial charge >= 0.3 is 0 Å². The van der Waals surface area contributed by atoms with Gasteiger partial charge in [0.1, 0.15) is 0 Å². The summed E-state index contributed by atoms with van der Waals surface area (Å²) in [6, 6.07) is 19.7. The van der Waals surface area contributed by atoms with Gasteiger partial charge < -0.3 is 4.57 Å². The second-order valence-corrected chi connectivity index (χ2v) is 5.38. The van der Waals surface area contributed by atoms with Crippen LogP contribution in [-0.2, 0) is 6.54 Å². The maximum absolute atomic E-state index is 2.44. The third-order valence-corrected chi connectivity index (χ3v) is 4.35. The first-order chi connectivity index (χ1) is 9.81. The number of rotatable bonds is 1. The first-order valence-electron chi connectivity index (χ1n) is 7.20. The van der Waals surface area contributed by atoms with Gasteiger partial charge in [0, 0.05) is 22.8 Å². The molecule has 98 valence electrons. The molecule has 0 aliphatic carbocycles. The Kier molecular flexibility index (Phi) is 2.37. The van der Waals surface area contributed by atoms with Crippen molar-refractivity contribution in [3.63, 3.8) is 0 Å². The second kappa shape index (κ2) is 4.11. The Morgan fingerprint density at radius 3 is 2.35 bits per heavy atom. The van der Waals surface area contributed by atoms with Crippen LogP contribution in [0, 0.1) is 6.92 Å². The first kappa shape index (κ1) is 11.5. The zero-order valence-corrected chi connectivity index (χ0v) is 11.9. The topological polar surface area (TPSA) is 4.93 Å². The second-order valence-electron chi connectivity index (χ2n) is 5.38. The molecule has 0 saturated carbocycles. The predicted octanol–water partition coefficient (Wildman–Crippen LogP) is 5.28. The molecule has 1 heteroatoms. The van der Waals surface area contributed by atoms with Gasteiger partial charge in [-0.25, -0.2) is 0 Å². The minimum absolute atomic E-state index is 1.00. The standard InChI is InChI=1S/C19H17N/c1-3-20-18-11-7-6-10-16(18)17-12-14-8-4-5-9-15(14)13(2)19(17)20/h4-12H,3H2,1-2H3. The molecule has 20 heavy (non-hydrogen) atoms. The number of benzene rings is 3. The van der Waals surface area contributed by atoms with Gasteiger partial charge in [-0.1, -0.05) is 42.5 Å². The zero-order valence-electron chi connectivity index (χ0n) is 11.9. The van der Waals surface area contributed by atoms with Crippen molar-refractivity contribution in [1.82, 2.24) is 4.57 Å². The van der Waals surface area contributed by atoms with Crippen molar-refractivity contribution < 1.29 is 0 Å². The van der Waals surface area contributed by atoms with Crippen LogP contribution in [0.3, 0.4) is 0 Å². The summed E-state index contributed by atoms with van der Waals surface area (Å²) in [6.07, 6.45) is 0. The van der Waals surface area contributed by atoms with Crippen LogP contribution in [0.5, 0.6) is 0 Å². The van der Waals surface area contributed by atoms with Crippen molar-refractivity contribution in [2.45, 2.75) is 20.4 Å². The lowest BCUT2D eigenvalue weighted by molar-refractivity contribution is 0.825. The molecule has 4 aromatic rings. The zero-order chi connectivity index (χ0) is 13.7. The monoisotopic (exact) mass is 259 g/mol. The van der Waals surface area contributed by atoms with Gasteiger partial charge in [0.25, 0.3) is 0 Å². The third kappa shape index (κ3) is 1.38. The van der Waals surface area contributed by atoms with Crippen molar-refractivity contribution in [3.8, 4) is 0 Å². The van der Waals surface area contributed by atoms with Crippen LogP contribution in [0.2, 0.25) is 0 Å². The van der Waals surface area contributed by atoms with Crippen molar-refractivity contribution in [2.24, 2.45) is 0 Å². The third-order valence-electron chi connectivity index (χ3n) is 4.35. The molecule has 1 nitrogen and oxygen atoms in total. The van der Waals surface area contributed by atoms with E-state index in [1.165, 1.54) is 38.1 Å². The lowest BCUT2D eigenvalue weighted by atomic mass is 10.0. The van der Waals surface area contributed by atoms with E-state index in [-0.39, 0.29) is 0 Å². The predicted molar refractivity (Wildman–Crippen MR) is 87.4 cm³/mol. The van der Waals surface area contributed by atoms with Crippen molar-refractivity contribution in [2.75, 3.05) is 0 Å². The normalized spacial score (nSPS) is 11.7. The Morgan fingerprint density at radius 2 is 1.55 bits per heavy atom. The van der Waals surface area contributed by atoms with E-state index in [9.17, 15) is 0 Å². The number of hydrogen-bond donors (Lipinski definition) is 0. The average molecular weight is 259 g/mol. The molecule has 0 spiro atoms. The van der Waals surface area contributed by atoms with Gasteiger partial charge in [0.15, 0.2) is 0 Å². The average Bonchev–Trinajstić information content (AvgIpc) is 2.82. The number of para-hydroxylation sites is 1. The van der Waals surface area contributed by atoms with E-state index in [1.54, 1.807) is 0 Å². The van der Waals surface area contributed by atoms with E-state index < -0.39 is 0 Å². The summed E-state index contributed by atoms with van der Waals surface area (Å²) in [4.78, 5) is 0. The molecule has 0 amide bonds. The van der Waals surface area contributed by atoms with Crippen molar-refractivity contribution in [3.05, 3.63) is 60.2 Å². The Morgan fingerprint density at radius 1 is 0.850 bits per heavy atom. The van der Waals surface area contributed by atoms with Gasteiger partial charge in [0.05, 0.1) is 5.52 Å². The Bertz CT molecular complexity index is 944. The molecular formula is C19H17N. The van der Waals surface area contributed by atoms with Crippen LogP contribution in [0.4, 0.5) is 0 Å². The van der Waals surface area contributed by atoms with Crippen LogP contribution in [-0.4, -0.2) is 4.57 Å². The fourth-order valence-corrected chi connectivity index (χ4v) is 3.46. The molecule has 0 radical (unpaired) electrons. The summed E-state index contributed by atoms with van der Waals surface area (Å²) in [5.74, 6) is 0. The SMILES string of the molecule is CCn1c2ccccc2c2cc3ccccc3c(C)c21. The lowest BCUT2D eigenvalue weighted by Crippen LogP contribution is -1.95. The number of fused-ring (bicyclic) bond motifs is 4. The van der Waals surface area contributed by atoms with Gasteiger partial charge in [-0.3, -0.25) is 0 Å². The molecule has 0 aliphatic heterocycles. The van der Waals surface area contributed by atoms with Crippen LogP contribution in [0.15, 0.2) is 54.6 Å². The molecule has 0 fully saturated rings. The molecule has 1 aromatic heterocycles. The van der Waals surface area contributed by atoms with Crippen LogP contribution in [0.25, 0.3) is 32.6 Å². The molecule has 0 N–H and O–H groups in total. The number of hydrogen-bond acceptors (Lipinski definition) is 0. The van der Waals surface area contributed by atoms with Crippen LogP contribution in [0.1, 0.15) is 12.5 Å². The van der Waals surface area contributed by atoms with Crippen LogP contribution >= 0.6 is 0 Å². The summed E-state index contributed by atoms with van der Waals surface area (Å²) in [6.45, 7) is 5.47. The largest absolute Gasteiger partial charge is 0.341 e. The Labute approximate surface area is 118 Å². The summed E-state index contributed by atoms with van der Waals surface area (Å²) < 4.78 is 2.44. The number of nitrogens with zero attached hydrogens (tertiary/aromatic N) is 1. The quantitative estimate of drug-likeness (QED) is 0.438. The minimum Gasteiger partial charge on any atom is -0.341 e. The highest BCUT2D eigenvalue weighted by Crippen LogP contribution is 2.35. The molecule has 0 atom stereocenters. The van der Waals surface area contributed by atoms with Gasteiger partial charge in [-0.2, -0.15) is 0 Å². The minimum atomic E-state index is 1.00. The van der Waals surface area contributed by atoms with Gasteiger partial charge in [0.2, 0.25) is 0 Å². The highest BCUT2D eigenvalue weighted by atomic mass is 15.0. The summed E-state index contributed by atoms with van der Waals surface area (Å²) >= 11 is 0. The lowest BCUT2D eigenvalue weighted by Gasteiger charge is -2.08. The smallest absolute Gasteiger partial charge is 0.0527 e.